The van der Waals surface area contributed by atoms with Crippen molar-refractivity contribution >= 4 is 18.0 Å². The summed E-state index contributed by atoms with van der Waals surface area (Å²) in [6.45, 7) is 4.97. The van der Waals surface area contributed by atoms with E-state index in [-0.39, 0.29) is 5.92 Å². The topological polar surface area (TPSA) is 125 Å². The number of amides is 2. The van der Waals surface area contributed by atoms with Gasteiger partial charge in [-0.2, -0.15) is 0 Å². The van der Waals surface area contributed by atoms with Crippen molar-refractivity contribution in [2.45, 2.75) is 45.4 Å². The Balaban J connectivity index is 4.67. The number of aliphatic hydroxyl groups excluding tert-OH is 1. The zero-order valence-corrected chi connectivity index (χ0v) is 12.0. The van der Waals surface area contributed by atoms with Crippen LogP contribution in [0.15, 0.2) is 0 Å². The molecular weight excluding hydrogens is 268 g/mol. The summed E-state index contributed by atoms with van der Waals surface area (Å²) in [5.41, 5.74) is 0. The first-order valence-corrected chi connectivity index (χ1v) is 6.24. The molecule has 20 heavy (non-hydrogen) atoms. The number of carbonyl (C=O) groups excluding carboxylic acids is 2. The molecule has 4 N–H and O–H groups in total. The van der Waals surface area contributed by atoms with E-state index in [1.165, 1.54) is 14.0 Å². The van der Waals surface area contributed by atoms with Crippen molar-refractivity contribution in [2.75, 3.05) is 7.11 Å². The predicted octanol–water partition coefficient (Wildman–Crippen LogP) is -0.293. The molecule has 0 aromatic heterocycles. The van der Waals surface area contributed by atoms with Crippen LogP contribution in [0, 0.1) is 5.92 Å². The number of ether oxygens (including phenoxy) is 1. The van der Waals surface area contributed by atoms with Crippen LogP contribution in [0.4, 0.5) is 4.79 Å². The minimum atomic E-state index is -1.45. The fourth-order valence-corrected chi connectivity index (χ4v) is 1.56. The number of urea groups is 1. The van der Waals surface area contributed by atoms with Gasteiger partial charge in [0.25, 0.3) is 0 Å². The third-order valence-electron chi connectivity index (χ3n) is 2.53. The van der Waals surface area contributed by atoms with Gasteiger partial charge in [-0.3, -0.25) is 0 Å². The Kier molecular flexibility index (Phi) is 7.60. The number of rotatable bonds is 7. The highest BCUT2D eigenvalue weighted by Gasteiger charge is 2.28. The van der Waals surface area contributed by atoms with Gasteiger partial charge in [-0.15, -0.1) is 0 Å². The normalized spacial score (nSPS) is 15.1. The van der Waals surface area contributed by atoms with Crippen LogP contribution in [-0.4, -0.2) is 53.5 Å². The minimum Gasteiger partial charge on any atom is -0.480 e. The van der Waals surface area contributed by atoms with Crippen molar-refractivity contribution in [3.8, 4) is 0 Å². The third kappa shape index (κ3) is 6.37. The molecule has 0 radical (unpaired) electrons. The monoisotopic (exact) mass is 290 g/mol. The fourth-order valence-electron chi connectivity index (χ4n) is 1.56. The Morgan fingerprint density at radius 1 is 1.15 bits per heavy atom. The number of hydrogen-bond acceptors (Lipinski definition) is 5. The van der Waals surface area contributed by atoms with Crippen LogP contribution in [0.1, 0.15) is 27.2 Å². The molecule has 0 aromatic rings. The maximum atomic E-state index is 11.7. The van der Waals surface area contributed by atoms with Gasteiger partial charge in [-0.05, 0) is 19.3 Å². The number of carboxylic acids is 1. The zero-order chi connectivity index (χ0) is 15.9. The van der Waals surface area contributed by atoms with Gasteiger partial charge >= 0.3 is 18.0 Å². The van der Waals surface area contributed by atoms with Crippen LogP contribution in [0.3, 0.4) is 0 Å². The largest absolute Gasteiger partial charge is 0.480 e. The van der Waals surface area contributed by atoms with Crippen LogP contribution in [-0.2, 0) is 14.3 Å². The molecule has 1 unspecified atom stereocenters. The average Bonchev–Trinajstić information content (AvgIpc) is 2.32. The van der Waals surface area contributed by atoms with Crippen LogP contribution in [0.25, 0.3) is 0 Å². The standard InChI is InChI=1S/C12H22N2O6/c1-6(2)5-8(11(18)20-4)13-12(19)14-9(7(3)15)10(16)17/h6-9,15H,5H2,1-4H3,(H,16,17)(H2,13,14,19)/t7-,8?,9+/m1/s1. The lowest BCUT2D eigenvalue weighted by molar-refractivity contribution is -0.143. The molecule has 0 aliphatic carbocycles. The second-order valence-electron chi connectivity index (χ2n) is 4.88. The summed E-state index contributed by atoms with van der Waals surface area (Å²) in [5.74, 6) is -1.85. The number of carboxylic acid groups (broad SMARTS) is 1. The summed E-state index contributed by atoms with van der Waals surface area (Å²) in [5, 5.41) is 22.5. The van der Waals surface area contributed by atoms with E-state index in [1.807, 2.05) is 13.8 Å². The van der Waals surface area contributed by atoms with Crippen LogP contribution in [0.5, 0.6) is 0 Å². The molecule has 0 spiro atoms. The lowest BCUT2D eigenvalue weighted by Gasteiger charge is -2.21. The molecular formula is C12H22N2O6. The molecule has 2 amide bonds. The number of nitrogens with one attached hydrogen (secondary N) is 2. The van der Waals surface area contributed by atoms with E-state index < -0.39 is 36.2 Å². The molecule has 0 heterocycles. The Morgan fingerprint density at radius 2 is 1.70 bits per heavy atom. The lowest BCUT2D eigenvalue weighted by atomic mass is 10.0. The summed E-state index contributed by atoms with van der Waals surface area (Å²) in [6.07, 6.45) is -0.910. The molecule has 3 atom stereocenters. The number of esters is 1. The Morgan fingerprint density at radius 3 is 2.05 bits per heavy atom. The van der Waals surface area contributed by atoms with Gasteiger partial charge in [-0.25, -0.2) is 14.4 Å². The van der Waals surface area contributed by atoms with Crippen molar-refractivity contribution in [3.63, 3.8) is 0 Å². The summed E-state index contributed by atoms with van der Waals surface area (Å²) >= 11 is 0. The maximum Gasteiger partial charge on any atom is 0.328 e. The van der Waals surface area contributed by atoms with Gasteiger partial charge in [0.15, 0.2) is 6.04 Å². The minimum absolute atomic E-state index is 0.131. The van der Waals surface area contributed by atoms with Crippen LogP contribution in [0.2, 0.25) is 0 Å². The number of carbonyl (C=O) groups is 3. The zero-order valence-electron chi connectivity index (χ0n) is 12.0. The number of hydrogen-bond donors (Lipinski definition) is 4. The predicted molar refractivity (Wildman–Crippen MR) is 70.0 cm³/mol. The lowest BCUT2D eigenvalue weighted by Crippen LogP contribution is -2.54. The van der Waals surface area contributed by atoms with E-state index in [0.29, 0.717) is 6.42 Å². The molecule has 0 aliphatic heterocycles. The second kappa shape index (κ2) is 8.36. The molecule has 0 aromatic carbocycles. The van der Waals surface area contributed by atoms with Crippen molar-refractivity contribution in [1.29, 1.82) is 0 Å². The summed E-state index contributed by atoms with van der Waals surface area (Å²) < 4.78 is 4.57. The van der Waals surface area contributed by atoms with Gasteiger partial charge in [0.1, 0.15) is 6.04 Å². The van der Waals surface area contributed by atoms with E-state index in [1.54, 1.807) is 0 Å². The quantitative estimate of drug-likeness (QED) is 0.477. The molecule has 0 aliphatic rings. The molecule has 0 bridgehead atoms. The Hall–Kier alpha value is -1.83. The first kappa shape index (κ1) is 18.2. The highest BCUT2D eigenvalue weighted by atomic mass is 16.5. The second-order valence-corrected chi connectivity index (χ2v) is 4.88. The van der Waals surface area contributed by atoms with Crippen molar-refractivity contribution in [1.82, 2.24) is 10.6 Å². The molecule has 8 heteroatoms. The number of methoxy groups -OCH3 is 1. The van der Waals surface area contributed by atoms with Gasteiger partial charge < -0.3 is 25.6 Å². The van der Waals surface area contributed by atoms with E-state index in [2.05, 4.69) is 15.4 Å². The van der Waals surface area contributed by atoms with Gasteiger partial charge in [0, 0.05) is 0 Å². The highest BCUT2D eigenvalue weighted by Crippen LogP contribution is 2.06. The Bertz CT molecular complexity index is 356. The molecule has 8 nitrogen and oxygen atoms in total. The van der Waals surface area contributed by atoms with E-state index in [4.69, 9.17) is 5.11 Å². The smallest absolute Gasteiger partial charge is 0.328 e. The molecule has 116 valence electrons. The highest BCUT2D eigenvalue weighted by molar-refractivity contribution is 5.86. The molecule has 0 saturated heterocycles. The summed E-state index contributed by atoms with van der Waals surface area (Å²) in [6, 6.07) is -3.18. The van der Waals surface area contributed by atoms with Gasteiger partial charge in [0.05, 0.1) is 13.2 Å². The first-order valence-electron chi connectivity index (χ1n) is 6.24. The van der Waals surface area contributed by atoms with Gasteiger partial charge in [-0.1, -0.05) is 13.8 Å². The third-order valence-corrected chi connectivity index (χ3v) is 2.53. The summed E-state index contributed by atoms with van der Waals surface area (Å²) in [4.78, 5) is 34.0. The van der Waals surface area contributed by atoms with E-state index >= 15 is 0 Å². The van der Waals surface area contributed by atoms with Crippen molar-refractivity contribution in [2.24, 2.45) is 5.92 Å². The van der Waals surface area contributed by atoms with Crippen LogP contribution < -0.4 is 10.6 Å². The van der Waals surface area contributed by atoms with Crippen molar-refractivity contribution < 1.29 is 29.3 Å². The molecule has 0 fully saturated rings. The SMILES string of the molecule is COC(=O)C(CC(C)C)NC(=O)N[C@H](C(=O)O)[C@@H](C)O. The van der Waals surface area contributed by atoms with E-state index in [0.717, 1.165) is 0 Å². The van der Waals surface area contributed by atoms with Gasteiger partial charge in [0.2, 0.25) is 0 Å². The Labute approximate surface area is 117 Å². The number of aliphatic carboxylic acids is 1. The number of aliphatic hydroxyl groups is 1. The molecule has 0 rings (SSSR count). The molecule has 0 saturated carbocycles. The van der Waals surface area contributed by atoms with E-state index in [9.17, 15) is 19.5 Å². The fraction of sp³-hybridized carbons (Fsp3) is 0.750. The summed E-state index contributed by atoms with van der Waals surface area (Å²) in [7, 11) is 1.20. The average molecular weight is 290 g/mol. The first-order chi connectivity index (χ1) is 9.18. The van der Waals surface area contributed by atoms with Crippen molar-refractivity contribution in [3.05, 3.63) is 0 Å². The van der Waals surface area contributed by atoms with Crippen LogP contribution >= 0.6 is 0 Å². The maximum absolute atomic E-state index is 11.7.